The number of rotatable bonds is 3. The summed E-state index contributed by atoms with van der Waals surface area (Å²) < 4.78 is 0. The molecule has 0 saturated heterocycles. The number of carbonyl (C=O) groups excluding carboxylic acids is 1. The Morgan fingerprint density at radius 2 is 1.86 bits per heavy atom. The summed E-state index contributed by atoms with van der Waals surface area (Å²) in [6.45, 7) is 0. The summed E-state index contributed by atoms with van der Waals surface area (Å²) in [4.78, 5) is 17.9. The smallest absolute Gasteiger partial charge is 0.313 e. The van der Waals surface area contributed by atoms with E-state index in [0.717, 1.165) is 29.0 Å². The van der Waals surface area contributed by atoms with E-state index in [2.05, 4.69) is 11.2 Å². The maximum Gasteiger partial charge on any atom is 0.358 e. The fourth-order valence-corrected chi connectivity index (χ4v) is 3.21. The number of oxime groups is 1. The summed E-state index contributed by atoms with van der Waals surface area (Å²) in [6, 6.07) is 17.7. The third-order valence-corrected chi connectivity index (χ3v) is 4.33. The molecule has 0 N–H and O–H groups in total. The van der Waals surface area contributed by atoms with Crippen LogP contribution in [0.25, 0.3) is 6.08 Å². The van der Waals surface area contributed by atoms with Gasteiger partial charge in [-0.05, 0) is 17.7 Å². The van der Waals surface area contributed by atoms with Crippen molar-refractivity contribution in [3.05, 3.63) is 71.8 Å². The van der Waals surface area contributed by atoms with Crippen molar-refractivity contribution in [1.29, 1.82) is 0 Å². The van der Waals surface area contributed by atoms with Gasteiger partial charge in [0.25, 0.3) is 0 Å². The Labute approximate surface area is 133 Å². The van der Waals surface area contributed by atoms with Crippen molar-refractivity contribution in [2.24, 2.45) is 5.16 Å². The average molecular weight is 309 g/mol. The highest BCUT2D eigenvalue weighted by Gasteiger charge is 2.16. The molecule has 1 aliphatic heterocycles. The molecular weight excluding hydrogens is 294 g/mol. The summed E-state index contributed by atoms with van der Waals surface area (Å²) >= 11 is 1.80. The SMILES string of the molecule is O=C(/C=C\c1ccccc1)ON=C1CCSc2ccccc21. The minimum absolute atomic E-state index is 0.466. The molecule has 0 bridgehead atoms. The largest absolute Gasteiger partial charge is 0.358 e. The predicted molar refractivity (Wildman–Crippen MR) is 89.9 cm³/mol. The number of fused-ring (bicyclic) bond motifs is 1. The second-order valence-corrected chi connectivity index (χ2v) is 5.92. The van der Waals surface area contributed by atoms with E-state index in [4.69, 9.17) is 4.84 Å². The Hall–Kier alpha value is -2.33. The van der Waals surface area contributed by atoms with Crippen molar-refractivity contribution in [1.82, 2.24) is 0 Å². The second kappa shape index (κ2) is 7.09. The van der Waals surface area contributed by atoms with Gasteiger partial charge in [-0.1, -0.05) is 53.7 Å². The number of hydrogen-bond acceptors (Lipinski definition) is 4. The number of nitrogens with zero attached hydrogens (tertiary/aromatic N) is 1. The highest BCUT2D eigenvalue weighted by molar-refractivity contribution is 7.99. The summed E-state index contributed by atoms with van der Waals surface area (Å²) in [7, 11) is 0. The second-order valence-electron chi connectivity index (χ2n) is 4.79. The van der Waals surface area contributed by atoms with Gasteiger partial charge in [0.1, 0.15) is 0 Å². The van der Waals surface area contributed by atoms with Gasteiger partial charge in [-0.15, -0.1) is 11.8 Å². The van der Waals surface area contributed by atoms with Crippen molar-refractivity contribution in [3.63, 3.8) is 0 Å². The highest BCUT2D eigenvalue weighted by Crippen LogP contribution is 2.29. The standard InChI is InChI=1S/C18H15NO2S/c20-18(11-10-14-6-2-1-3-7-14)21-19-16-12-13-22-17-9-5-4-8-15(16)17/h1-11H,12-13H2/b11-10-,19-16?. The highest BCUT2D eigenvalue weighted by atomic mass is 32.2. The molecule has 0 unspecified atom stereocenters. The first-order chi connectivity index (χ1) is 10.8. The Morgan fingerprint density at radius 3 is 2.73 bits per heavy atom. The number of thioether (sulfide) groups is 1. The van der Waals surface area contributed by atoms with Gasteiger partial charge in [0.15, 0.2) is 0 Å². The van der Waals surface area contributed by atoms with Crippen LogP contribution in [0.1, 0.15) is 17.5 Å². The van der Waals surface area contributed by atoms with Crippen LogP contribution < -0.4 is 0 Å². The van der Waals surface area contributed by atoms with E-state index >= 15 is 0 Å². The molecule has 0 radical (unpaired) electrons. The van der Waals surface area contributed by atoms with Gasteiger partial charge >= 0.3 is 5.97 Å². The first kappa shape index (κ1) is 14.6. The van der Waals surface area contributed by atoms with Crippen LogP contribution in [0.15, 0.2) is 70.7 Å². The lowest BCUT2D eigenvalue weighted by Gasteiger charge is -2.15. The van der Waals surface area contributed by atoms with Crippen LogP contribution in [-0.4, -0.2) is 17.4 Å². The maximum atomic E-state index is 11.7. The third-order valence-electron chi connectivity index (χ3n) is 3.25. The van der Waals surface area contributed by atoms with E-state index in [0.29, 0.717) is 0 Å². The quantitative estimate of drug-likeness (QED) is 0.486. The van der Waals surface area contributed by atoms with Crippen molar-refractivity contribution in [2.75, 3.05) is 5.75 Å². The van der Waals surface area contributed by atoms with E-state index < -0.39 is 5.97 Å². The van der Waals surface area contributed by atoms with Crippen LogP contribution in [0.3, 0.4) is 0 Å². The molecule has 1 heterocycles. The molecule has 3 nitrogen and oxygen atoms in total. The Morgan fingerprint density at radius 1 is 1.09 bits per heavy atom. The zero-order valence-corrected chi connectivity index (χ0v) is 12.8. The average Bonchev–Trinajstić information content (AvgIpc) is 2.59. The Kier molecular flexibility index (Phi) is 4.71. The van der Waals surface area contributed by atoms with Crippen LogP contribution in [0.5, 0.6) is 0 Å². The van der Waals surface area contributed by atoms with Crippen molar-refractivity contribution in [2.45, 2.75) is 11.3 Å². The van der Waals surface area contributed by atoms with Crippen LogP contribution >= 0.6 is 11.8 Å². The topological polar surface area (TPSA) is 38.7 Å². The molecule has 0 amide bonds. The van der Waals surface area contributed by atoms with Gasteiger partial charge in [-0.25, -0.2) is 4.79 Å². The molecule has 0 aromatic heterocycles. The van der Waals surface area contributed by atoms with Crippen molar-refractivity contribution >= 4 is 29.5 Å². The van der Waals surface area contributed by atoms with E-state index in [1.807, 2.05) is 48.5 Å². The normalized spacial score (nSPS) is 15.7. The molecule has 2 aromatic rings. The molecule has 22 heavy (non-hydrogen) atoms. The molecule has 0 fully saturated rings. The predicted octanol–water partition coefficient (Wildman–Crippen LogP) is 4.14. The zero-order valence-electron chi connectivity index (χ0n) is 11.9. The first-order valence-corrected chi connectivity index (χ1v) is 8.05. The molecule has 0 atom stereocenters. The fraction of sp³-hybridized carbons (Fsp3) is 0.111. The molecule has 0 spiro atoms. The molecule has 3 rings (SSSR count). The van der Waals surface area contributed by atoms with Crippen LogP contribution in [0, 0.1) is 0 Å². The van der Waals surface area contributed by atoms with Crippen LogP contribution in [0.4, 0.5) is 0 Å². The summed E-state index contributed by atoms with van der Waals surface area (Å²) in [5.74, 6) is 0.486. The number of benzene rings is 2. The fourth-order valence-electron chi connectivity index (χ4n) is 2.18. The maximum absolute atomic E-state index is 11.7. The van der Waals surface area contributed by atoms with Crippen LogP contribution in [-0.2, 0) is 9.63 Å². The molecule has 110 valence electrons. The lowest BCUT2D eigenvalue weighted by Crippen LogP contribution is -2.11. The van der Waals surface area contributed by atoms with Crippen molar-refractivity contribution < 1.29 is 9.63 Å². The van der Waals surface area contributed by atoms with Gasteiger partial charge in [0.2, 0.25) is 0 Å². The molecule has 2 aromatic carbocycles. The molecular formula is C18H15NO2S. The van der Waals surface area contributed by atoms with E-state index in [1.165, 1.54) is 11.0 Å². The number of carbonyl (C=O) groups is 1. The van der Waals surface area contributed by atoms with Gasteiger partial charge in [-0.2, -0.15) is 0 Å². The Balaban J connectivity index is 1.67. The minimum Gasteiger partial charge on any atom is -0.313 e. The molecule has 0 saturated carbocycles. The van der Waals surface area contributed by atoms with E-state index in [9.17, 15) is 4.79 Å². The van der Waals surface area contributed by atoms with E-state index in [-0.39, 0.29) is 0 Å². The molecule has 1 aliphatic rings. The zero-order chi connectivity index (χ0) is 15.2. The third kappa shape index (κ3) is 3.65. The van der Waals surface area contributed by atoms with Gasteiger partial charge in [0.05, 0.1) is 5.71 Å². The Bertz CT molecular complexity index is 723. The molecule has 4 heteroatoms. The first-order valence-electron chi connectivity index (χ1n) is 7.06. The molecule has 0 aliphatic carbocycles. The van der Waals surface area contributed by atoms with Crippen LogP contribution in [0.2, 0.25) is 0 Å². The number of hydrogen-bond donors (Lipinski definition) is 0. The summed E-state index contributed by atoms with van der Waals surface area (Å²) in [6.07, 6.45) is 3.91. The monoisotopic (exact) mass is 309 g/mol. The van der Waals surface area contributed by atoms with Gasteiger partial charge < -0.3 is 4.84 Å². The minimum atomic E-state index is -0.466. The summed E-state index contributed by atoms with van der Waals surface area (Å²) in [5, 5.41) is 4.04. The van der Waals surface area contributed by atoms with Crippen molar-refractivity contribution in [3.8, 4) is 0 Å². The van der Waals surface area contributed by atoms with Gasteiger partial charge in [-0.3, -0.25) is 0 Å². The lowest BCUT2D eigenvalue weighted by atomic mass is 10.1. The van der Waals surface area contributed by atoms with E-state index in [1.54, 1.807) is 17.8 Å². The summed E-state index contributed by atoms with van der Waals surface area (Å²) in [5.41, 5.74) is 2.83. The van der Waals surface area contributed by atoms with Gasteiger partial charge in [0, 0.05) is 28.7 Å². The lowest BCUT2D eigenvalue weighted by molar-refractivity contribution is -0.137.